The minimum atomic E-state index is -1.17. The van der Waals surface area contributed by atoms with Crippen LogP contribution in [0.15, 0.2) is 12.4 Å². The van der Waals surface area contributed by atoms with Crippen LogP contribution in [-0.2, 0) is 18.3 Å². The van der Waals surface area contributed by atoms with Gasteiger partial charge in [-0.25, -0.2) is 9.59 Å². The molecule has 8 nitrogen and oxygen atoms in total. The number of carbonyl (C=O) groups is 2. The molecule has 0 unspecified atom stereocenters. The van der Waals surface area contributed by atoms with Gasteiger partial charge in [-0.1, -0.05) is 0 Å². The van der Waals surface area contributed by atoms with Gasteiger partial charge in [-0.05, 0) is 12.0 Å². The number of nitrogens with zero attached hydrogens (tertiary/aromatic N) is 2. The maximum absolute atomic E-state index is 11.4. The number of aliphatic carboxylic acids is 1. The zero-order valence-corrected chi connectivity index (χ0v) is 10.7. The molecule has 106 valence electrons. The molecule has 19 heavy (non-hydrogen) atoms. The fraction of sp³-hybridized carbons (Fsp3) is 0.545. The lowest BCUT2D eigenvalue weighted by Gasteiger charge is -2.13. The summed E-state index contributed by atoms with van der Waals surface area (Å²) in [5.41, 5.74) is 0.980. The van der Waals surface area contributed by atoms with Gasteiger partial charge in [0.25, 0.3) is 0 Å². The predicted molar refractivity (Wildman–Crippen MR) is 66.6 cm³/mol. The highest BCUT2D eigenvalue weighted by atomic mass is 16.4. The van der Waals surface area contributed by atoms with Crippen LogP contribution in [0.4, 0.5) is 4.79 Å². The fourth-order valence-corrected chi connectivity index (χ4v) is 1.52. The molecule has 1 atom stereocenters. The first kappa shape index (κ1) is 15.0. The van der Waals surface area contributed by atoms with E-state index in [9.17, 15) is 9.59 Å². The predicted octanol–water partition coefficient (Wildman–Crippen LogP) is -0.903. The van der Waals surface area contributed by atoms with Gasteiger partial charge in [0.05, 0.1) is 6.20 Å². The van der Waals surface area contributed by atoms with Crippen molar-refractivity contribution in [3.8, 4) is 0 Å². The molecule has 1 aromatic rings. The third kappa shape index (κ3) is 5.38. The van der Waals surface area contributed by atoms with E-state index < -0.39 is 18.0 Å². The summed E-state index contributed by atoms with van der Waals surface area (Å²) >= 11 is 0. The lowest BCUT2D eigenvalue weighted by molar-refractivity contribution is -0.139. The van der Waals surface area contributed by atoms with Crippen molar-refractivity contribution in [2.45, 2.75) is 18.9 Å². The van der Waals surface area contributed by atoms with Crippen LogP contribution < -0.4 is 10.6 Å². The monoisotopic (exact) mass is 270 g/mol. The summed E-state index contributed by atoms with van der Waals surface area (Å²) < 4.78 is 1.66. The lowest BCUT2D eigenvalue weighted by atomic mass is 10.2. The quantitative estimate of drug-likeness (QED) is 0.512. The van der Waals surface area contributed by atoms with Gasteiger partial charge in [0.15, 0.2) is 0 Å². The third-order valence-corrected chi connectivity index (χ3v) is 2.48. The second-order valence-electron chi connectivity index (χ2n) is 4.08. The number of carboxylic acids is 1. The van der Waals surface area contributed by atoms with Crippen molar-refractivity contribution in [1.29, 1.82) is 0 Å². The van der Waals surface area contributed by atoms with Crippen molar-refractivity contribution in [3.63, 3.8) is 0 Å². The number of aryl methyl sites for hydroxylation is 1. The molecule has 0 aliphatic carbocycles. The number of hydrogen-bond acceptors (Lipinski definition) is 4. The van der Waals surface area contributed by atoms with Crippen LogP contribution in [0.1, 0.15) is 12.0 Å². The molecule has 0 aromatic carbocycles. The molecule has 0 aliphatic heterocycles. The van der Waals surface area contributed by atoms with Crippen LogP contribution in [-0.4, -0.2) is 51.2 Å². The Kier molecular flexibility index (Phi) is 5.80. The Hall–Kier alpha value is -2.09. The average Bonchev–Trinajstić information content (AvgIpc) is 2.74. The molecule has 0 saturated heterocycles. The van der Waals surface area contributed by atoms with Crippen LogP contribution in [0.25, 0.3) is 0 Å². The zero-order valence-electron chi connectivity index (χ0n) is 10.7. The molecule has 0 spiro atoms. The van der Waals surface area contributed by atoms with Crippen molar-refractivity contribution in [3.05, 3.63) is 18.0 Å². The van der Waals surface area contributed by atoms with Gasteiger partial charge < -0.3 is 20.8 Å². The second kappa shape index (κ2) is 7.37. The highest BCUT2D eigenvalue weighted by Crippen LogP contribution is 1.96. The summed E-state index contributed by atoms with van der Waals surface area (Å²) in [4.78, 5) is 22.2. The number of aliphatic hydroxyl groups excluding tert-OH is 1. The Bertz CT molecular complexity index is 432. The Balaban J connectivity index is 2.28. The Morgan fingerprint density at radius 2 is 2.26 bits per heavy atom. The standard InChI is InChI=1S/C11H18N4O4/c1-15-7-8(6-13-15)2-4-12-11(19)14-9(3-5-16)10(17)18/h6-7,9,16H,2-5H2,1H3,(H,17,18)(H2,12,14,19)/t9-/m0/s1. The van der Waals surface area contributed by atoms with Crippen molar-refractivity contribution in [1.82, 2.24) is 20.4 Å². The van der Waals surface area contributed by atoms with Gasteiger partial charge in [-0.15, -0.1) is 0 Å². The van der Waals surface area contributed by atoms with E-state index in [1.807, 2.05) is 6.20 Å². The first-order valence-electron chi connectivity index (χ1n) is 5.88. The summed E-state index contributed by atoms with van der Waals surface area (Å²) in [5, 5.41) is 26.3. The number of urea groups is 1. The molecule has 0 radical (unpaired) electrons. The second-order valence-corrected chi connectivity index (χ2v) is 4.08. The summed E-state index contributed by atoms with van der Waals surface area (Å²) in [6, 6.07) is -1.65. The van der Waals surface area contributed by atoms with E-state index in [1.54, 1.807) is 17.9 Å². The topological polar surface area (TPSA) is 116 Å². The molecule has 0 bridgehead atoms. The van der Waals surface area contributed by atoms with Crippen molar-refractivity contribution in [2.75, 3.05) is 13.2 Å². The van der Waals surface area contributed by atoms with Crippen molar-refractivity contribution in [2.24, 2.45) is 7.05 Å². The largest absolute Gasteiger partial charge is 0.480 e. The first-order chi connectivity index (χ1) is 9.02. The molecule has 0 fully saturated rings. The molecule has 0 saturated carbocycles. The average molecular weight is 270 g/mol. The molecule has 0 aliphatic rings. The number of carbonyl (C=O) groups excluding carboxylic acids is 1. The number of amides is 2. The van der Waals surface area contributed by atoms with Crippen LogP contribution in [0, 0.1) is 0 Å². The highest BCUT2D eigenvalue weighted by molar-refractivity contribution is 5.82. The van der Waals surface area contributed by atoms with E-state index in [1.165, 1.54) is 0 Å². The third-order valence-electron chi connectivity index (χ3n) is 2.48. The SMILES string of the molecule is Cn1cc(CCNC(=O)N[C@@H](CCO)C(=O)O)cn1. The Labute approximate surface area is 110 Å². The summed E-state index contributed by atoms with van der Waals surface area (Å²) in [7, 11) is 1.80. The van der Waals surface area contributed by atoms with E-state index in [2.05, 4.69) is 15.7 Å². The fourth-order valence-electron chi connectivity index (χ4n) is 1.52. The van der Waals surface area contributed by atoms with Crippen molar-refractivity contribution >= 4 is 12.0 Å². The summed E-state index contributed by atoms with van der Waals surface area (Å²) in [6.07, 6.45) is 4.13. The smallest absolute Gasteiger partial charge is 0.326 e. The lowest BCUT2D eigenvalue weighted by Crippen LogP contribution is -2.46. The highest BCUT2D eigenvalue weighted by Gasteiger charge is 2.18. The van der Waals surface area contributed by atoms with Crippen LogP contribution in [0.3, 0.4) is 0 Å². The maximum Gasteiger partial charge on any atom is 0.326 e. The summed E-state index contributed by atoms with van der Waals surface area (Å²) in [6.45, 7) is 0.0793. The summed E-state index contributed by atoms with van der Waals surface area (Å²) in [5.74, 6) is -1.17. The van der Waals surface area contributed by atoms with Crippen LogP contribution in [0.5, 0.6) is 0 Å². The van der Waals surface area contributed by atoms with Crippen LogP contribution >= 0.6 is 0 Å². The van der Waals surface area contributed by atoms with E-state index in [0.29, 0.717) is 13.0 Å². The maximum atomic E-state index is 11.4. The van der Waals surface area contributed by atoms with Gasteiger partial charge >= 0.3 is 12.0 Å². The number of hydrogen-bond donors (Lipinski definition) is 4. The zero-order chi connectivity index (χ0) is 14.3. The normalized spacial score (nSPS) is 11.9. The van der Waals surface area contributed by atoms with Gasteiger partial charge in [-0.2, -0.15) is 5.10 Å². The minimum Gasteiger partial charge on any atom is -0.480 e. The molecular weight excluding hydrogens is 252 g/mol. The number of nitrogens with one attached hydrogen (secondary N) is 2. The van der Waals surface area contributed by atoms with Crippen LogP contribution in [0.2, 0.25) is 0 Å². The molecule has 1 aromatic heterocycles. The minimum absolute atomic E-state index is 0.0225. The van der Waals surface area contributed by atoms with Gasteiger partial charge in [-0.3, -0.25) is 4.68 Å². The first-order valence-corrected chi connectivity index (χ1v) is 5.88. The van der Waals surface area contributed by atoms with E-state index in [-0.39, 0.29) is 13.0 Å². The van der Waals surface area contributed by atoms with Crippen molar-refractivity contribution < 1.29 is 19.8 Å². The van der Waals surface area contributed by atoms with Gasteiger partial charge in [0.1, 0.15) is 6.04 Å². The van der Waals surface area contributed by atoms with E-state index in [0.717, 1.165) is 5.56 Å². The Morgan fingerprint density at radius 3 is 2.79 bits per heavy atom. The molecule has 8 heteroatoms. The number of rotatable bonds is 7. The molecular formula is C11H18N4O4. The number of aliphatic hydroxyl groups is 1. The van der Waals surface area contributed by atoms with Gasteiger partial charge in [0, 0.05) is 32.8 Å². The number of aromatic nitrogens is 2. The van der Waals surface area contributed by atoms with Gasteiger partial charge in [0.2, 0.25) is 0 Å². The number of carboxylic acid groups (broad SMARTS) is 1. The molecule has 2 amide bonds. The van der Waals surface area contributed by atoms with E-state index >= 15 is 0 Å². The Morgan fingerprint density at radius 1 is 1.53 bits per heavy atom. The molecule has 1 heterocycles. The molecule has 4 N–H and O–H groups in total. The molecule has 1 rings (SSSR count). The van der Waals surface area contributed by atoms with E-state index in [4.69, 9.17) is 10.2 Å².